The maximum absolute atomic E-state index is 10.9. The third-order valence-corrected chi connectivity index (χ3v) is 3.57. The molecule has 0 spiro atoms. The van der Waals surface area contributed by atoms with Crippen LogP contribution in [0.1, 0.15) is 71.1 Å². The van der Waals surface area contributed by atoms with Crippen LogP contribution < -0.4 is 0 Å². The van der Waals surface area contributed by atoms with Crippen molar-refractivity contribution >= 4 is 5.97 Å². The molecule has 0 aliphatic carbocycles. The lowest BCUT2D eigenvalue weighted by atomic mass is 10.1. The van der Waals surface area contributed by atoms with Gasteiger partial charge in [0.1, 0.15) is 0 Å². The summed E-state index contributed by atoms with van der Waals surface area (Å²) in [5.74, 6) is -0.749. The highest BCUT2D eigenvalue weighted by Crippen LogP contribution is 2.10. The Balaban J connectivity index is 3.85. The maximum Gasteiger partial charge on any atom is 0.303 e. The van der Waals surface area contributed by atoms with Crippen LogP contribution in [-0.4, -0.2) is 16.0 Å². The molecule has 0 fully saturated rings. The molecule has 0 aliphatic heterocycles. The van der Waals surface area contributed by atoms with Crippen LogP contribution in [-0.2, 0) is 4.79 Å². The summed E-state index contributed by atoms with van der Waals surface area (Å²) in [6.07, 6.45) is 21.3. The molecule has 5 heteroatoms. The van der Waals surface area contributed by atoms with E-state index in [1.807, 2.05) is 24.3 Å². The Bertz CT molecular complexity index is 490. The van der Waals surface area contributed by atoms with Crippen molar-refractivity contribution in [2.75, 3.05) is 0 Å². The number of hydrogen-bond donors (Lipinski definition) is 1. The lowest BCUT2D eigenvalue weighted by Gasteiger charge is -1.97. The van der Waals surface area contributed by atoms with Crippen molar-refractivity contribution in [3.8, 4) is 0 Å². The number of aliphatic carboxylic acids is 1. The number of rotatable bonds is 15. The number of nitro groups is 1. The van der Waals surface area contributed by atoms with Crippen LogP contribution in [0, 0.1) is 10.1 Å². The van der Waals surface area contributed by atoms with Gasteiger partial charge in [-0.15, -0.1) is 0 Å². The normalized spacial score (nSPS) is 12.6. The fourth-order valence-electron chi connectivity index (χ4n) is 2.16. The van der Waals surface area contributed by atoms with Crippen molar-refractivity contribution in [2.45, 2.75) is 71.1 Å². The highest BCUT2D eigenvalue weighted by Gasteiger charge is 2.08. The van der Waals surface area contributed by atoms with Crippen molar-refractivity contribution in [2.24, 2.45) is 0 Å². The first-order valence-corrected chi connectivity index (χ1v) is 9.08. The number of allylic oxidation sites excluding steroid dienone is 8. The smallest absolute Gasteiger partial charge is 0.303 e. The fourth-order valence-corrected chi connectivity index (χ4v) is 2.16. The molecule has 0 bridgehead atoms. The van der Waals surface area contributed by atoms with E-state index >= 15 is 0 Å². The second-order valence-corrected chi connectivity index (χ2v) is 5.82. The zero-order chi connectivity index (χ0) is 18.8. The molecule has 0 saturated carbocycles. The molecule has 0 aromatic heterocycles. The number of nitrogens with zero attached hydrogens (tertiary/aromatic N) is 1. The Morgan fingerprint density at radius 3 is 2.08 bits per heavy atom. The molecule has 0 atom stereocenters. The Labute approximate surface area is 151 Å². The Hall–Kier alpha value is -2.17. The van der Waals surface area contributed by atoms with Crippen LogP contribution >= 0.6 is 0 Å². The van der Waals surface area contributed by atoms with E-state index in [0.717, 1.165) is 38.5 Å². The highest BCUT2D eigenvalue weighted by molar-refractivity contribution is 5.66. The molecule has 0 amide bonds. The summed E-state index contributed by atoms with van der Waals surface area (Å²) in [5.41, 5.74) is 0.321. The van der Waals surface area contributed by atoms with Crippen molar-refractivity contribution < 1.29 is 14.8 Å². The summed E-state index contributed by atoms with van der Waals surface area (Å²) in [4.78, 5) is 21.0. The van der Waals surface area contributed by atoms with Gasteiger partial charge in [0.15, 0.2) is 0 Å². The fraction of sp³-hybridized carbons (Fsp3) is 0.550. The standard InChI is InChI=1S/C20H31NO4/c1-2-3-13-16-19(21(24)25)17-14-11-9-7-5-4-6-8-10-12-15-18-20(22)23/h4-5,8-11,17H,2-3,6-7,12-16,18H2,1H3,(H,22,23)/b5-4-,10-8-,11-9-,19-17+. The van der Waals surface area contributed by atoms with Crippen LogP contribution in [0.2, 0.25) is 0 Å². The Kier molecular flexibility index (Phi) is 15.2. The zero-order valence-corrected chi connectivity index (χ0v) is 15.2. The first-order valence-electron chi connectivity index (χ1n) is 9.08. The van der Waals surface area contributed by atoms with E-state index in [2.05, 4.69) is 19.1 Å². The van der Waals surface area contributed by atoms with E-state index in [1.54, 1.807) is 6.08 Å². The van der Waals surface area contributed by atoms with Crippen molar-refractivity contribution in [3.63, 3.8) is 0 Å². The summed E-state index contributed by atoms with van der Waals surface area (Å²) in [7, 11) is 0. The minimum atomic E-state index is -0.749. The second kappa shape index (κ2) is 16.7. The van der Waals surface area contributed by atoms with Crippen LogP contribution in [0.15, 0.2) is 48.2 Å². The number of unbranched alkanes of at least 4 members (excludes halogenated alkanes) is 3. The molecule has 5 nitrogen and oxygen atoms in total. The Morgan fingerprint density at radius 1 is 0.920 bits per heavy atom. The van der Waals surface area contributed by atoms with E-state index in [1.165, 1.54) is 0 Å². The van der Waals surface area contributed by atoms with Crippen molar-refractivity contribution in [3.05, 3.63) is 58.3 Å². The molecule has 0 saturated heterocycles. The van der Waals surface area contributed by atoms with Gasteiger partial charge < -0.3 is 5.11 Å². The monoisotopic (exact) mass is 349 g/mol. The van der Waals surface area contributed by atoms with E-state index in [-0.39, 0.29) is 11.3 Å². The van der Waals surface area contributed by atoms with Crippen LogP contribution in [0.25, 0.3) is 0 Å². The minimum Gasteiger partial charge on any atom is -0.481 e. The molecular formula is C20H31NO4. The van der Waals surface area contributed by atoms with Gasteiger partial charge in [-0.2, -0.15) is 0 Å². The third-order valence-electron chi connectivity index (χ3n) is 3.57. The van der Waals surface area contributed by atoms with Gasteiger partial charge in [-0.3, -0.25) is 14.9 Å². The molecular weight excluding hydrogens is 318 g/mol. The molecule has 0 aliphatic rings. The zero-order valence-electron chi connectivity index (χ0n) is 15.2. The van der Waals surface area contributed by atoms with Crippen LogP contribution in [0.4, 0.5) is 0 Å². The molecule has 140 valence electrons. The predicted molar refractivity (Wildman–Crippen MR) is 102 cm³/mol. The number of hydrogen-bond acceptors (Lipinski definition) is 3. The lowest BCUT2D eigenvalue weighted by molar-refractivity contribution is -0.428. The Morgan fingerprint density at radius 2 is 1.52 bits per heavy atom. The quantitative estimate of drug-likeness (QED) is 0.175. The second-order valence-electron chi connectivity index (χ2n) is 5.82. The molecule has 0 rings (SSSR count). The van der Waals surface area contributed by atoms with Gasteiger partial charge in [-0.05, 0) is 44.6 Å². The average molecular weight is 349 g/mol. The van der Waals surface area contributed by atoms with Gasteiger partial charge >= 0.3 is 5.97 Å². The van der Waals surface area contributed by atoms with Gasteiger partial charge in [0.25, 0.3) is 0 Å². The molecule has 0 aromatic carbocycles. The lowest BCUT2D eigenvalue weighted by Crippen LogP contribution is -1.98. The summed E-state index contributed by atoms with van der Waals surface area (Å²) in [5, 5.41) is 19.4. The average Bonchev–Trinajstić information content (AvgIpc) is 2.56. The molecule has 0 unspecified atom stereocenters. The molecule has 1 N–H and O–H groups in total. The minimum absolute atomic E-state index is 0.218. The predicted octanol–water partition coefficient (Wildman–Crippen LogP) is 5.82. The topological polar surface area (TPSA) is 80.4 Å². The largest absolute Gasteiger partial charge is 0.481 e. The molecule has 0 heterocycles. The number of carboxylic acids is 1. The van der Waals surface area contributed by atoms with Gasteiger partial charge in [0, 0.05) is 12.8 Å². The van der Waals surface area contributed by atoms with E-state index in [0.29, 0.717) is 25.0 Å². The molecule has 0 aromatic rings. The molecule has 0 radical (unpaired) electrons. The summed E-state index contributed by atoms with van der Waals surface area (Å²) < 4.78 is 0. The molecule has 25 heavy (non-hydrogen) atoms. The SMILES string of the molecule is CCCCC/C(=C\C/C=C\C/C=C\C/C=C\CCCC(=O)O)[N+](=O)[O-]. The van der Waals surface area contributed by atoms with Crippen molar-refractivity contribution in [1.82, 2.24) is 0 Å². The van der Waals surface area contributed by atoms with Gasteiger partial charge in [0.05, 0.1) is 4.92 Å². The first-order chi connectivity index (χ1) is 12.1. The number of carbonyl (C=O) groups is 1. The third kappa shape index (κ3) is 16.5. The van der Waals surface area contributed by atoms with Gasteiger partial charge in [-0.25, -0.2) is 0 Å². The van der Waals surface area contributed by atoms with Crippen LogP contribution in [0.3, 0.4) is 0 Å². The van der Waals surface area contributed by atoms with Gasteiger partial charge in [-0.1, -0.05) is 56.2 Å². The highest BCUT2D eigenvalue weighted by atomic mass is 16.6. The van der Waals surface area contributed by atoms with Crippen molar-refractivity contribution in [1.29, 1.82) is 0 Å². The van der Waals surface area contributed by atoms with E-state index < -0.39 is 5.97 Å². The first kappa shape index (κ1) is 22.8. The van der Waals surface area contributed by atoms with Gasteiger partial charge in [0.2, 0.25) is 5.70 Å². The van der Waals surface area contributed by atoms with E-state index in [9.17, 15) is 14.9 Å². The summed E-state index contributed by atoms with van der Waals surface area (Å²) >= 11 is 0. The van der Waals surface area contributed by atoms with Crippen LogP contribution in [0.5, 0.6) is 0 Å². The maximum atomic E-state index is 10.9. The number of carboxylic acid groups (broad SMARTS) is 1. The van der Waals surface area contributed by atoms with E-state index in [4.69, 9.17) is 5.11 Å². The summed E-state index contributed by atoms with van der Waals surface area (Å²) in [6, 6.07) is 0. The summed E-state index contributed by atoms with van der Waals surface area (Å²) in [6.45, 7) is 2.08.